The lowest BCUT2D eigenvalue weighted by Crippen LogP contribution is -2.52. The molecule has 0 aliphatic carbocycles. The van der Waals surface area contributed by atoms with Crippen molar-refractivity contribution in [1.29, 1.82) is 0 Å². The number of nitrogens with zero attached hydrogens (tertiary/aromatic N) is 5. The molecule has 1 N–H and O–H groups in total. The third-order valence-corrected chi connectivity index (χ3v) is 4.54. The summed E-state index contributed by atoms with van der Waals surface area (Å²) in [5, 5.41) is 3.30. The summed E-state index contributed by atoms with van der Waals surface area (Å²) in [5.74, 6) is 0.0187. The molecule has 128 valence electrons. The largest absolute Gasteiger partial charge is 0.333 e. The van der Waals surface area contributed by atoms with Gasteiger partial charge in [-0.3, -0.25) is 9.78 Å². The summed E-state index contributed by atoms with van der Waals surface area (Å²) < 4.78 is 1.97. The smallest absolute Gasteiger partial charge is 0.255 e. The van der Waals surface area contributed by atoms with Crippen LogP contribution in [0.2, 0.25) is 0 Å². The Morgan fingerprint density at radius 1 is 1.36 bits per heavy atom. The van der Waals surface area contributed by atoms with Gasteiger partial charge in [0.15, 0.2) is 5.65 Å². The second-order valence-electron chi connectivity index (χ2n) is 6.35. The molecule has 0 aromatic carbocycles. The molecule has 1 aliphatic heterocycles. The molecular weight excluding hydrogens is 316 g/mol. The van der Waals surface area contributed by atoms with Crippen molar-refractivity contribution in [2.75, 3.05) is 19.6 Å². The van der Waals surface area contributed by atoms with Gasteiger partial charge in [-0.05, 0) is 24.6 Å². The Morgan fingerprint density at radius 3 is 3.08 bits per heavy atom. The average molecular weight is 336 g/mol. The van der Waals surface area contributed by atoms with Crippen LogP contribution >= 0.6 is 0 Å². The van der Waals surface area contributed by atoms with Gasteiger partial charge in [0.1, 0.15) is 5.52 Å². The fourth-order valence-corrected chi connectivity index (χ4v) is 3.18. The lowest BCUT2D eigenvalue weighted by Gasteiger charge is -2.33. The number of rotatable bonds is 3. The molecule has 1 saturated heterocycles. The minimum absolute atomic E-state index is 0.0187. The zero-order chi connectivity index (χ0) is 17.2. The molecule has 7 nitrogen and oxygen atoms in total. The number of amides is 1. The van der Waals surface area contributed by atoms with Gasteiger partial charge in [0.2, 0.25) is 0 Å². The predicted molar refractivity (Wildman–Crippen MR) is 94.2 cm³/mol. The van der Waals surface area contributed by atoms with Gasteiger partial charge in [0, 0.05) is 44.3 Å². The van der Waals surface area contributed by atoms with Crippen LogP contribution in [0, 0.1) is 0 Å². The fourth-order valence-electron chi connectivity index (χ4n) is 3.18. The van der Waals surface area contributed by atoms with E-state index < -0.39 is 0 Å². The summed E-state index contributed by atoms with van der Waals surface area (Å²) in [6.45, 7) is 5.07. The van der Waals surface area contributed by atoms with Crippen molar-refractivity contribution in [2.24, 2.45) is 0 Å². The van der Waals surface area contributed by atoms with E-state index in [0.29, 0.717) is 18.7 Å². The topological polar surface area (TPSA) is 75.9 Å². The van der Waals surface area contributed by atoms with Crippen molar-refractivity contribution in [3.63, 3.8) is 0 Å². The number of hydrogen-bond donors (Lipinski definition) is 1. The quantitative estimate of drug-likeness (QED) is 0.780. The summed E-state index contributed by atoms with van der Waals surface area (Å²) in [6, 6.07) is 5.94. The van der Waals surface area contributed by atoms with E-state index in [4.69, 9.17) is 0 Å². The maximum absolute atomic E-state index is 12.8. The Labute approximate surface area is 145 Å². The van der Waals surface area contributed by atoms with Crippen LogP contribution in [0.3, 0.4) is 0 Å². The summed E-state index contributed by atoms with van der Waals surface area (Å²) >= 11 is 0. The summed E-state index contributed by atoms with van der Waals surface area (Å²) in [4.78, 5) is 27.7. The summed E-state index contributed by atoms with van der Waals surface area (Å²) in [6.07, 6.45) is 6.99. The van der Waals surface area contributed by atoms with Crippen LogP contribution < -0.4 is 5.32 Å². The van der Waals surface area contributed by atoms with Crippen molar-refractivity contribution >= 4 is 17.1 Å². The normalized spacial score (nSPS) is 17.8. The number of fused-ring (bicyclic) bond motifs is 1. The van der Waals surface area contributed by atoms with Crippen LogP contribution in [-0.2, 0) is 6.54 Å². The Hall–Kier alpha value is -2.80. The highest BCUT2D eigenvalue weighted by atomic mass is 16.2. The van der Waals surface area contributed by atoms with Crippen molar-refractivity contribution in [2.45, 2.75) is 19.5 Å². The maximum atomic E-state index is 12.8. The minimum Gasteiger partial charge on any atom is -0.333 e. The zero-order valence-corrected chi connectivity index (χ0v) is 14.1. The van der Waals surface area contributed by atoms with E-state index in [0.717, 1.165) is 29.8 Å². The van der Waals surface area contributed by atoms with E-state index in [2.05, 4.69) is 27.2 Å². The first-order valence-electron chi connectivity index (χ1n) is 8.44. The highest BCUT2D eigenvalue weighted by Gasteiger charge is 2.24. The van der Waals surface area contributed by atoms with E-state index in [1.54, 1.807) is 18.7 Å². The third kappa shape index (κ3) is 3.10. The SMILES string of the molecule is C[C@@H]1CNCCN1C(=O)c1cnc2c(c1)ncn2Cc1cccnc1. The molecule has 0 bridgehead atoms. The van der Waals surface area contributed by atoms with E-state index in [9.17, 15) is 4.79 Å². The Bertz CT molecular complexity index is 891. The Balaban J connectivity index is 1.60. The van der Waals surface area contributed by atoms with Gasteiger partial charge >= 0.3 is 0 Å². The van der Waals surface area contributed by atoms with Crippen LogP contribution in [0.5, 0.6) is 0 Å². The van der Waals surface area contributed by atoms with E-state index >= 15 is 0 Å². The zero-order valence-electron chi connectivity index (χ0n) is 14.1. The first kappa shape index (κ1) is 15.7. The van der Waals surface area contributed by atoms with Crippen molar-refractivity contribution in [1.82, 2.24) is 29.7 Å². The molecule has 0 radical (unpaired) electrons. The van der Waals surface area contributed by atoms with E-state index in [1.807, 2.05) is 33.9 Å². The number of piperazine rings is 1. The van der Waals surface area contributed by atoms with Crippen molar-refractivity contribution < 1.29 is 4.79 Å². The van der Waals surface area contributed by atoms with Gasteiger partial charge in [-0.15, -0.1) is 0 Å². The standard InChI is InChI=1S/C18H20N6O/c1-13-8-20-5-6-24(13)18(25)15-7-16-17(21-10-15)23(12-22-16)11-14-3-2-4-19-9-14/h2-4,7,9-10,12-13,20H,5-6,8,11H2,1H3/t13-/m1/s1. The molecule has 7 heteroatoms. The lowest BCUT2D eigenvalue weighted by atomic mass is 10.1. The maximum Gasteiger partial charge on any atom is 0.255 e. The molecule has 1 fully saturated rings. The summed E-state index contributed by atoms with van der Waals surface area (Å²) in [5.41, 5.74) is 3.18. The van der Waals surface area contributed by atoms with Crippen LogP contribution in [0.4, 0.5) is 0 Å². The average Bonchev–Trinajstić information content (AvgIpc) is 3.04. The number of aromatic nitrogens is 4. The first-order valence-corrected chi connectivity index (χ1v) is 8.44. The van der Waals surface area contributed by atoms with E-state index in [1.165, 1.54) is 0 Å². The molecule has 3 aromatic rings. The second kappa shape index (κ2) is 6.60. The van der Waals surface area contributed by atoms with Crippen molar-refractivity contribution in [3.05, 3.63) is 54.2 Å². The predicted octanol–water partition coefficient (Wildman–Crippen LogP) is 1.31. The van der Waals surface area contributed by atoms with Gasteiger partial charge in [0.25, 0.3) is 5.91 Å². The second-order valence-corrected chi connectivity index (χ2v) is 6.35. The molecule has 25 heavy (non-hydrogen) atoms. The van der Waals surface area contributed by atoms with Crippen LogP contribution in [0.15, 0.2) is 43.1 Å². The number of hydrogen-bond acceptors (Lipinski definition) is 5. The van der Waals surface area contributed by atoms with Gasteiger partial charge < -0.3 is 14.8 Å². The highest BCUT2D eigenvalue weighted by Crippen LogP contribution is 2.16. The molecular formula is C18H20N6O. The van der Waals surface area contributed by atoms with Crippen LogP contribution in [-0.4, -0.2) is 56.0 Å². The molecule has 4 heterocycles. The van der Waals surface area contributed by atoms with Gasteiger partial charge in [-0.25, -0.2) is 9.97 Å². The molecule has 3 aromatic heterocycles. The molecule has 0 spiro atoms. The van der Waals surface area contributed by atoms with Crippen molar-refractivity contribution in [3.8, 4) is 0 Å². The Kier molecular flexibility index (Phi) is 4.15. The molecule has 0 saturated carbocycles. The molecule has 1 aliphatic rings. The van der Waals surface area contributed by atoms with Crippen LogP contribution in [0.1, 0.15) is 22.8 Å². The number of carbonyl (C=O) groups excluding carboxylic acids is 1. The minimum atomic E-state index is 0.0187. The first-order chi connectivity index (χ1) is 12.2. The van der Waals surface area contributed by atoms with Gasteiger partial charge in [0.05, 0.1) is 18.4 Å². The highest BCUT2D eigenvalue weighted by molar-refractivity contribution is 5.96. The number of nitrogens with one attached hydrogen (secondary N) is 1. The fraction of sp³-hybridized carbons (Fsp3) is 0.333. The number of carbonyl (C=O) groups is 1. The molecule has 0 unspecified atom stereocenters. The molecule has 1 atom stereocenters. The monoisotopic (exact) mass is 336 g/mol. The van der Waals surface area contributed by atoms with Gasteiger partial charge in [-0.2, -0.15) is 0 Å². The van der Waals surface area contributed by atoms with Crippen LogP contribution in [0.25, 0.3) is 11.2 Å². The molecule has 1 amide bonds. The Morgan fingerprint density at radius 2 is 2.28 bits per heavy atom. The third-order valence-electron chi connectivity index (χ3n) is 4.54. The van der Waals surface area contributed by atoms with E-state index in [-0.39, 0.29) is 11.9 Å². The molecule has 4 rings (SSSR count). The number of imidazole rings is 1. The summed E-state index contributed by atoms with van der Waals surface area (Å²) in [7, 11) is 0. The van der Waals surface area contributed by atoms with Gasteiger partial charge in [-0.1, -0.05) is 6.07 Å². The number of pyridine rings is 2. The lowest BCUT2D eigenvalue weighted by molar-refractivity contribution is 0.0655.